The molecule has 8 nitrogen and oxygen atoms in total. The first kappa shape index (κ1) is 21.1. The topological polar surface area (TPSA) is 93.5 Å². The normalized spacial score (nSPS) is 10.6. The summed E-state index contributed by atoms with van der Waals surface area (Å²) in [5.74, 6) is 0.0463. The summed E-state index contributed by atoms with van der Waals surface area (Å²) in [6, 6.07) is 11.9. The number of carbonyl (C=O) groups excluding carboxylic acids is 2. The highest BCUT2D eigenvalue weighted by Gasteiger charge is 2.19. The van der Waals surface area contributed by atoms with E-state index in [1.165, 1.54) is 21.7 Å². The maximum Gasteiger partial charge on any atom is 0.274 e. The number of benzene rings is 1. The quantitative estimate of drug-likeness (QED) is 0.701. The zero-order chi connectivity index (χ0) is 20.5. The van der Waals surface area contributed by atoms with Gasteiger partial charge in [-0.15, -0.1) is 0 Å². The van der Waals surface area contributed by atoms with Gasteiger partial charge in [-0.05, 0) is 39.0 Å². The van der Waals surface area contributed by atoms with Crippen molar-refractivity contribution in [2.75, 3.05) is 19.7 Å². The number of hydrogen-bond acceptors (Lipinski definition) is 5. The lowest BCUT2D eigenvalue weighted by Crippen LogP contribution is -2.43. The molecular weight excluding hydrogens is 360 g/mol. The maximum atomic E-state index is 12.7. The second-order valence-corrected chi connectivity index (χ2v) is 6.48. The fourth-order valence-corrected chi connectivity index (χ4v) is 2.52. The van der Waals surface area contributed by atoms with E-state index in [0.29, 0.717) is 12.3 Å². The molecule has 0 aliphatic heterocycles. The van der Waals surface area contributed by atoms with Crippen LogP contribution < -0.4 is 15.6 Å². The highest BCUT2D eigenvalue weighted by molar-refractivity contribution is 5.94. The Hall–Kier alpha value is -3.16. The Morgan fingerprint density at radius 2 is 1.89 bits per heavy atom. The van der Waals surface area contributed by atoms with Crippen molar-refractivity contribution in [3.05, 3.63) is 58.5 Å². The number of aromatic nitrogens is 2. The van der Waals surface area contributed by atoms with E-state index in [0.717, 1.165) is 0 Å². The highest BCUT2D eigenvalue weighted by atomic mass is 16.5. The Kier molecular flexibility index (Phi) is 7.74. The number of amides is 2. The minimum absolute atomic E-state index is 0.00838. The summed E-state index contributed by atoms with van der Waals surface area (Å²) in [4.78, 5) is 38.1. The first-order chi connectivity index (χ1) is 13.4. The first-order valence-electron chi connectivity index (χ1n) is 9.25. The Balaban J connectivity index is 2.04. The summed E-state index contributed by atoms with van der Waals surface area (Å²) in [6.07, 6.45) is 0. The van der Waals surface area contributed by atoms with Crippen LogP contribution in [0.3, 0.4) is 0 Å². The van der Waals surface area contributed by atoms with Gasteiger partial charge in [0.1, 0.15) is 18.1 Å². The third-order valence-corrected chi connectivity index (χ3v) is 3.85. The summed E-state index contributed by atoms with van der Waals surface area (Å²) < 4.78 is 6.77. The minimum atomic E-state index is -0.404. The van der Waals surface area contributed by atoms with E-state index in [-0.39, 0.29) is 42.9 Å². The molecule has 0 spiro atoms. The van der Waals surface area contributed by atoms with E-state index in [9.17, 15) is 14.4 Å². The smallest absolute Gasteiger partial charge is 0.274 e. The first-order valence-corrected chi connectivity index (χ1v) is 9.25. The van der Waals surface area contributed by atoms with Crippen molar-refractivity contribution in [1.82, 2.24) is 20.0 Å². The van der Waals surface area contributed by atoms with E-state index in [1.807, 2.05) is 44.2 Å². The van der Waals surface area contributed by atoms with Crippen LogP contribution >= 0.6 is 0 Å². The Labute approximate surface area is 164 Å². The largest absolute Gasteiger partial charge is 0.492 e. The third-order valence-electron chi connectivity index (χ3n) is 3.85. The van der Waals surface area contributed by atoms with Crippen molar-refractivity contribution in [2.45, 2.75) is 33.4 Å². The van der Waals surface area contributed by atoms with Gasteiger partial charge in [0, 0.05) is 18.7 Å². The lowest BCUT2D eigenvalue weighted by Gasteiger charge is -2.21. The Bertz CT molecular complexity index is 849. The molecule has 0 aliphatic rings. The number of ether oxygens (including phenoxy) is 1. The van der Waals surface area contributed by atoms with Gasteiger partial charge in [0.2, 0.25) is 5.91 Å². The number of rotatable bonds is 9. The summed E-state index contributed by atoms with van der Waals surface area (Å²) in [5.41, 5.74) is -0.215. The van der Waals surface area contributed by atoms with Crippen molar-refractivity contribution in [2.24, 2.45) is 0 Å². The summed E-state index contributed by atoms with van der Waals surface area (Å²) >= 11 is 0. The molecule has 0 atom stereocenters. The fourth-order valence-electron chi connectivity index (χ4n) is 2.52. The van der Waals surface area contributed by atoms with Crippen LogP contribution in [0.4, 0.5) is 0 Å². The third kappa shape index (κ3) is 6.22. The number of likely N-dealkylation sites (N-methyl/N-ethyl adjacent to an activating group) is 1. The summed E-state index contributed by atoms with van der Waals surface area (Å²) in [6.45, 7) is 6.21. The molecule has 0 bridgehead atoms. The predicted octanol–water partition coefficient (Wildman–Crippen LogP) is 1.31. The fraction of sp³-hybridized carbons (Fsp3) is 0.400. The lowest BCUT2D eigenvalue weighted by atomic mass is 10.3. The van der Waals surface area contributed by atoms with Crippen LogP contribution in [0.5, 0.6) is 5.75 Å². The predicted molar refractivity (Wildman–Crippen MR) is 105 cm³/mol. The van der Waals surface area contributed by atoms with Crippen LogP contribution in [0.2, 0.25) is 0 Å². The molecule has 28 heavy (non-hydrogen) atoms. The number of nitrogens with zero attached hydrogens (tertiary/aromatic N) is 3. The number of nitrogens with one attached hydrogen (secondary N) is 1. The van der Waals surface area contributed by atoms with Gasteiger partial charge in [-0.25, -0.2) is 4.68 Å². The Morgan fingerprint density at radius 3 is 2.54 bits per heavy atom. The second kappa shape index (κ2) is 10.2. The van der Waals surface area contributed by atoms with Crippen LogP contribution in [-0.4, -0.2) is 52.2 Å². The average molecular weight is 386 g/mol. The second-order valence-electron chi connectivity index (χ2n) is 6.48. The molecule has 1 aromatic heterocycles. The van der Waals surface area contributed by atoms with Crippen molar-refractivity contribution >= 4 is 11.8 Å². The molecule has 150 valence electrons. The van der Waals surface area contributed by atoms with Crippen molar-refractivity contribution in [3.63, 3.8) is 0 Å². The lowest BCUT2D eigenvalue weighted by molar-refractivity contribution is -0.122. The van der Waals surface area contributed by atoms with Crippen molar-refractivity contribution < 1.29 is 14.3 Å². The highest BCUT2D eigenvalue weighted by Crippen LogP contribution is 2.08. The van der Waals surface area contributed by atoms with Gasteiger partial charge in [0.05, 0.1) is 13.1 Å². The molecule has 2 rings (SSSR count). The zero-order valence-electron chi connectivity index (χ0n) is 16.4. The molecule has 0 saturated heterocycles. The van der Waals surface area contributed by atoms with Crippen molar-refractivity contribution in [1.29, 1.82) is 0 Å². The van der Waals surface area contributed by atoms with Gasteiger partial charge >= 0.3 is 0 Å². The van der Waals surface area contributed by atoms with Crippen LogP contribution in [0.1, 0.15) is 31.3 Å². The molecular formula is C20H26N4O4. The van der Waals surface area contributed by atoms with Gasteiger partial charge in [-0.1, -0.05) is 18.2 Å². The molecule has 0 saturated carbocycles. The number of para-hydroxylation sites is 1. The standard InChI is InChI=1S/C20H26N4O4/c1-4-23(14-18(25)21-15(2)3)20(27)17-10-11-19(26)24(22-17)12-13-28-16-8-6-5-7-9-16/h5-11,15H,4,12-14H2,1-3H3,(H,21,25). The van der Waals surface area contributed by atoms with Crippen LogP contribution in [0.15, 0.2) is 47.3 Å². The molecule has 0 aliphatic carbocycles. The van der Waals surface area contributed by atoms with Gasteiger partial charge in [-0.3, -0.25) is 14.4 Å². The molecule has 1 N–H and O–H groups in total. The molecule has 2 aromatic rings. The number of carbonyl (C=O) groups is 2. The van der Waals surface area contributed by atoms with Crippen LogP contribution in [-0.2, 0) is 11.3 Å². The minimum Gasteiger partial charge on any atom is -0.492 e. The molecule has 0 fully saturated rings. The molecule has 1 aromatic carbocycles. The molecule has 0 radical (unpaired) electrons. The summed E-state index contributed by atoms with van der Waals surface area (Å²) in [7, 11) is 0. The average Bonchev–Trinajstić information content (AvgIpc) is 2.67. The number of hydrogen-bond donors (Lipinski definition) is 1. The molecule has 2 amide bonds. The summed E-state index contributed by atoms with van der Waals surface area (Å²) in [5, 5.41) is 6.89. The van der Waals surface area contributed by atoms with E-state index in [2.05, 4.69) is 10.4 Å². The van der Waals surface area contributed by atoms with E-state index < -0.39 is 5.91 Å². The maximum absolute atomic E-state index is 12.7. The monoisotopic (exact) mass is 386 g/mol. The van der Waals surface area contributed by atoms with E-state index in [1.54, 1.807) is 6.92 Å². The SMILES string of the molecule is CCN(CC(=O)NC(C)C)C(=O)c1ccc(=O)n(CCOc2ccccc2)n1. The van der Waals surface area contributed by atoms with Gasteiger partial charge < -0.3 is 15.0 Å². The molecule has 1 heterocycles. The van der Waals surface area contributed by atoms with Crippen LogP contribution in [0.25, 0.3) is 0 Å². The van der Waals surface area contributed by atoms with E-state index >= 15 is 0 Å². The van der Waals surface area contributed by atoms with Crippen LogP contribution in [0, 0.1) is 0 Å². The van der Waals surface area contributed by atoms with Gasteiger partial charge in [-0.2, -0.15) is 5.10 Å². The molecule has 8 heteroatoms. The van der Waals surface area contributed by atoms with Gasteiger partial charge in [0.25, 0.3) is 11.5 Å². The van der Waals surface area contributed by atoms with Gasteiger partial charge in [0.15, 0.2) is 0 Å². The zero-order valence-corrected chi connectivity index (χ0v) is 16.4. The van der Waals surface area contributed by atoms with Crippen molar-refractivity contribution in [3.8, 4) is 5.75 Å². The molecule has 0 unspecified atom stereocenters. The van der Waals surface area contributed by atoms with E-state index in [4.69, 9.17) is 4.74 Å². The Morgan fingerprint density at radius 1 is 1.18 bits per heavy atom.